The first-order chi connectivity index (χ1) is 11.0. The smallest absolute Gasteiger partial charge is 0.379 e. The summed E-state index contributed by atoms with van der Waals surface area (Å²) in [4.78, 5) is 9.56. The van der Waals surface area contributed by atoms with Crippen molar-refractivity contribution in [1.29, 1.82) is 5.26 Å². The highest BCUT2D eigenvalue weighted by Crippen LogP contribution is 2.23. The molecule has 0 N–H and O–H groups in total. The normalized spacial score (nSPS) is 11.9. The number of nitriles is 1. The van der Waals surface area contributed by atoms with Crippen molar-refractivity contribution in [1.82, 2.24) is 0 Å². The zero-order valence-electron chi connectivity index (χ0n) is 13.1. The first-order valence-electron chi connectivity index (χ1n) is 7.18. The second-order valence-electron chi connectivity index (χ2n) is 5.19. The molecule has 1 fully saturated rings. The fourth-order valence-electron chi connectivity index (χ4n) is 1.82. The number of nitrogens with zero attached hydrogens (tertiary/aromatic N) is 1. The average molecular weight is 307 g/mol. The van der Waals surface area contributed by atoms with E-state index in [4.69, 9.17) is 10.00 Å². The summed E-state index contributed by atoms with van der Waals surface area (Å²) in [5.74, 6) is 0.886. The average Bonchev–Trinajstić information content (AvgIpc) is 3.20. The van der Waals surface area contributed by atoms with E-state index < -0.39 is 0 Å². The number of rotatable bonds is 3. The van der Waals surface area contributed by atoms with Crippen LogP contribution in [0.5, 0.6) is 5.75 Å². The highest BCUT2D eigenvalue weighted by atomic mass is 16.6. The van der Waals surface area contributed by atoms with Crippen LogP contribution in [0.25, 0.3) is 11.1 Å². The second-order valence-corrected chi connectivity index (χ2v) is 5.19. The van der Waals surface area contributed by atoms with Crippen LogP contribution < -0.4 is 4.74 Å². The summed E-state index contributed by atoms with van der Waals surface area (Å²) in [6.45, 7) is 7.19. The lowest BCUT2D eigenvalue weighted by molar-refractivity contribution is -0.117. The van der Waals surface area contributed by atoms with E-state index in [1.807, 2.05) is 62.4 Å². The lowest BCUT2D eigenvalue weighted by Gasteiger charge is -2.10. The quantitative estimate of drug-likeness (QED) is 0.633. The summed E-state index contributed by atoms with van der Waals surface area (Å²) >= 11 is 0. The van der Waals surface area contributed by atoms with Gasteiger partial charge in [0, 0.05) is 0 Å². The zero-order valence-corrected chi connectivity index (χ0v) is 13.1. The molecule has 23 heavy (non-hydrogen) atoms. The third-order valence-corrected chi connectivity index (χ3v) is 2.98. The van der Waals surface area contributed by atoms with Crippen molar-refractivity contribution in [3.05, 3.63) is 66.4 Å². The molecule has 0 aliphatic carbocycles. The first-order valence-corrected chi connectivity index (χ1v) is 7.18. The molecule has 1 aliphatic rings. The van der Waals surface area contributed by atoms with Crippen molar-refractivity contribution in [2.24, 2.45) is 0 Å². The van der Waals surface area contributed by atoms with Crippen LogP contribution in [0.1, 0.15) is 19.4 Å². The number of epoxide rings is 1. The Morgan fingerprint density at radius 3 is 1.83 bits per heavy atom. The molecule has 2 aromatic carbocycles. The molecular weight excluding hydrogens is 290 g/mol. The predicted molar refractivity (Wildman–Crippen MR) is 87.6 cm³/mol. The van der Waals surface area contributed by atoms with E-state index in [1.165, 1.54) is 0 Å². The van der Waals surface area contributed by atoms with Crippen LogP contribution in [-0.2, 0) is 9.53 Å². The molecule has 1 saturated heterocycles. The first kappa shape index (κ1) is 16.3. The van der Waals surface area contributed by atoms with E-state index in [2.05, 4.69) is 17.4 Å². The maximum absolute atomic E-state index is 9.56. The number of benzene rings is 2. The third-order valence-electron chi connectivity index (χ3n) is 2.98. The van der Waals surface area contributed by atoms with E-state index in [1.54, 1.807) is 0 Å². The Morgan fingerprint density at radius 1 is 1.04 bits per heavy atom. The van der Waals surface area contributed by atoms with Gasteiger partial charge in [-0.2, -0.15) is 5.26 Å². The highest BCUT2D eigenvalue weighted by Gasteiger charge is 2.26. The van der Waals surface area contributed by atoms with Crippen molar-refractivity contribution in [2.75, 3.05) is 0 Å². The van der Waals surface area contributed by atoms with E-state index in [0.717, 1.165) is 16.9 Å². The van der Waals surface area contributed by atoms with Crippen molar-refractivity contribution >= 4 is 5.97 Å². The summed E-state index contributed by atoms with van der Waals surface area (Å²) in [5, 5.41) is 8.75. The van der Waals surface area contributed by atoms with Crippen molar-refractivity contribution in [3.63, 3.8) is 0 Å². The number of ether oxygens (including phenoxy) is 2. The SMILES string of the molecule is C=C1OC1=O.CC(C)Oc1ccc(-c2ccc(C#N)cc2)cc1. The van der Waals surface area contributed by atoms with Gasteiger partial charge in [-0.1, -0.05) is 24.3 Å². The molecule has 4 heteroatoms. The summed E-state index contributed by atoms with van der Waals surface area (Å²) < 4.78 is 9.68. The number of carbonyl (C=O) groups excluding carboxylic acids is 1. The van der Waals surface area contributed by atoms with Gasteiger partial charge in [-0.3, -0.25) is 0 Å². The second kappa shape index (κ2) is 7.28. The molecule has 0 amide bonds. The molecule has 3 rings (SSSR count). The maximum atomic E-state index is 9.56. The molecule has 0 unspecified atom stereocenters. The minimum atomic E-state index is -0.273. The number of hydrogen-bond donors (Lipinski definition) is 0. The Balaban J connectivity index is 0.000000326. The molecule has 116 valence electrons. The van der Waals surface area contributed by atoms with Gasteiger partial charge in [-0.25, -0.2) is 4.79 Å². The summed E-state index contributed by atoms with van der Waals surface area (Å²) in [7, 11) is 0. The summed E-state index contributed by atoms with van der Waals surface area (Å²) in [5.41, 5.74) is 2.90. The molecular formula is C19H17NO3. The van der Waals surface area contributed by atoms with Crippen LogP contribution in [0.2, 0.25) is 0 Å². The van der Waals surface area contributed by atoms with Crippen LogP contribution in [0.4, 0.5) is 0 Å². The van der Waals surface area contributed by atoms with Gasteiger partial charge in [0.2, 0.25) is 5.76 Å². The Kier molecular flexibility index (Phi) is 5.16. The molecule has 0 radical (unpaired) electrons. The number of carbonyl (C=O) groups is 1. The topological polar surface area (TPSA) is 62.6 Å². The van der Waals surface area contributed by atoms with Gasteiger partial charge in [-0.15, -0.1) is 0 Å². The molecule has 0 aromatic heterocycles. The Hall–Kier alpha value is -3.06. The van der Waals surface area contributed by atoms with Crippen LogP contribution in [0.3, 0.4) is 0 Å². The van der Waals surface area contributed by atoms with Crippen molar-refractivity contribution in [3.8, 4) is 22.9 Å². The molecule has 0 atom stereocenters. The van der Waals surface area contributed by atoms with Gasteiger partial charge in [0.05, 0.1) is 17.7 Å². The van der Waals surface area contributed by atoms with Crippen LogP contribution in [0, 0.1) is 11.3 Å². The molecule has 1 heterocycles. The molecule has 4 nitrogen and oxygen atoms in total. The van der Waals surface area contributed by atoms with Gasteiger partial charge in [0.15, 0.2) is 0 Å². The van der Waals surface area contributed by atoms with Gasteiger partial charge >= 0.3 is 5.97 Å². The summed E-state index contributed by atoms with van der Waals surface area (Å²) in [6.07, 6.45) is 0.186. The minimum absolute atomic E-state index is 0.186. The fourth-order valence-corrected chi connectivity index (χ4v) is 1.82. The van der Waals surface area contributed by atoms with Gasteiger partial charge < -0.3 is 9.47 Å². The summed E-state index contributed by atoms with van der Waals surface area (Å²) in [6, 6.07) is 17.7. The number of cyclic esters (lactones) is 1. The molecule has 0 spiro atoms. The Labute approximate surface area is 135 Å². The molecule has 0 bridgehead atoms. The van der Waals surface area contributed by atoms with E-state index in [0.29, 0.717) is 5.56 Å². The zero-order chi connectivity index (χ0) is 16.8. The fraction of sp³-hybridized carbons (Fsp3) is 0.158. The Bertz CT molecular complexity index is 726. The molecule has 1 aliphatic heterocycles. The lowest BCUT2D eigenvalue weighted by atomic mass is 10.0. The van der Waals surface area contributed by atoms with Crippen molar-refractivity contribution in [2.45, 2.75) is 20.0 Å². The third kappa shape index (κ3) is 5.01. The monoisotopic (exact) mass is 307 g/mol. The van der Waals surface area contributed by atoms with E-state index in [-0.39, 0.29) is 17.8 Å². The molecule has 0 saturated carbocycles. The standard InChI is InChI=1S/C16H15NO.C3H2O2/c1-12(2)18-16-9-7-15(8-10-16)14-5-3-13(11-17)4-6-14;1-2-3(4)5-2/h3-10,12H,1-2H3;1H2. The van der Waals surface area contributed by atoms with Crippen LogP contribution >= 0.6 is 0 Å². The van der Waals surface area contributed by atoms with Crippen molar-refractivity contribution < 1.29 is 14.3 Å². The highest BCUT2D eigenvalue weighted by molar-refractivity contribution is 5.99. The van der Waals surface area contributed by atoms with Crippen LogP contribution in [-0.4, -0.2) is 12.1 Å². The number of hydrogen-bond acceptors (Lipinski definition) is 4. The minimum Gasteiger partial charge on any atom is -0.491 e. The van der Waals surface area contributed by atoms with Crippen LogP contribution in [0.15, 0.2) is 60.9 Å². The molecule has 2 aromatic rings. The van der Waals surface area contributed by atoms with E-state index in [9.17, 15) is 4.79 Å². The largest absolute Gasteiger partial charge is 0.491 e. The lowest BCUT2D eigenvalue weighted by Crippen LogP contribution is -2.05. The maximum Gasteiger partial charge on any atom is 0.379 e. The van der Waals surface area contributed by atoms with Gasteiger partial charge in [0.1, 0.15) is 5.75 Å². The predicted octanol–water partition coefficient (Wildman–Crippen LogP) is 4.07. The Morgan fingerprint density at radius 2 is 1.48 bits per heavy atom. The van der Waals surface area contributed by atoms with E-state index >= 15 is 0 Å². The van der Waals surface area contributed by atoms with Gasteiger partial charge in [-0.05, 0) is 55.8 Å². The van der Waals surface area contributed by atoms with Gasteiger partial charge in [0.25, 0.3) is 0 Å².